The van der Waals surface area contributed by atoms with E-state index in [1.54, 1.807) is 36.4 Å². The van der Waals surface area contributed by atoms with Crippen LogP contribution in [0.25, 0.3) is 0 Å². The number of benzene rings is 2. The Morgan fingerprint density at radius 3 is 2.36 bits per heavy atom. The number of rotatable bonds is 7. The molecule has 0 bridgehead atoms. The first kappa shape index (κ1) is 18.7. The van der Waals surface area contributed by atoms with Crippen LogP contribution in [0.3, 0.4) is 0 Å². The van der Waals surface area contributed by atoms with Crippen LogP contribution in [0.2, 0.25) is 0 Å². The predicted molar refractivity (Wildman–Crippen MR) is 101 cm³/mol. The van der Waals surface area contributed by atoms with Gasteiger partial charge in [-0.2, -0.15) is 0 Å². The van der Waals surface area contributed by atoms with Gasteiger partial charge in [0.1, 0.15) is 5.75 Å². The quantitative estimate of drug-likeness (QED) is 0.553. The second kappa shape index (κ2) is 9.02. The van der Waals surface area contributed by atoms with Crippen molar-refractivity contribution in [2.75, 3.05) is 18.5 Å². The van der Waals surface area contributed by atoms with E-state index in [1.807, 2.05) is 12.1 Å². The number of nitrogens with one attached hydrogen (secondary N) is 2. The fraction of sp³-hybridized carbons (Fsp3) is 0.118. The molecule has 0 radical (unpaired) electrons. The van der Waals surface area contributed by atoms with Crippen LogP contribution in [0.4, 0.5) is 5.69 Å². The summed E-state index contributed by atoms with van der Waals surface area (Å²) in [6.45, 7) is -0.361. The summed E-state index contributed by atoms with van der Waals surface area (Å²) in [5, 5.41) is 5.22. The van der Waals surface area contributed by atoms with Crippen molar-refractivity contribution in [1.29, 1.82) is 0 Å². The maximum Gasteiger partial charge on any atom is 0.255 e. The summed E-state index contributed by atoms with van der Waals surface area (Å²) in [6.07, 6.45) is 0. The van der Waals surface area contributed by atoms with Crippen LogP contribution in [0.5, 0.6) is 5.75 Å². The Balaban J connectivity index is 1.83. The van der Waals surface area contributed by atoms with E-state index in [-0.39, 0.29) is 25.0 Å². The number of primary amides is 1. The number of carbonyl (C=O) groups excluding carboxylic acids is 3. The Morgan fingerprint density at radius 2 is 1.72 bits per heavy atom. The van der Waals surface area contributed by atoms with E-state index in [1.165, 1.54) is 0 Å². The number of hydrogen-bond donors (Lipinski definition) is 3. The molecular formula is C17H16IN3O4. The highest BCUT2D eigenvalue weighted by atomic mass is 127. The summed E-state index contributed by atoms with van der Waals surface area (Å²) in [5.41, 5.74) is 6.05. The van der Waals surface area contributed by atoms with Crippen LogP contribution >= 0.6 is 22.6 Å². The minimum absolute atomic E-state index is 0.149. The van der Waals surface area contributed by atoms with Crippen LogP contribution in [0.1, 0.15) is 10.4 Å². The first-order chi connectivity index (χ1) is 12.0. The third kappa shape index (κ3) is 6.07. The van der Waals surface area contributed by atoms with Crippen molar-refractivity contribution in [3.05, 3.63) is 57.7 Å². The molecule has 0 aromatic heterocycles. The van der Waals surface area contributed by atoms with Crippen molar-refractivity contribution in [1.82, 2.24) is 5.32 Å². The minimum Gasteiger partial charge on any atom is -0.484 e. The molecule has 0 aliphatic carbocycles. The molecule has 0 aliphatic heterocycles. The van der Waals surface area contributed by atoms with Crippen LogP contribution in [-0.4, -0.2) is 30.9 Å². The van der Waals surface area contributed by atoms with Crippen molar-refractivity contribution < 1.29 is 19.1 Å². The fourth-order valence-corrected chi connectivity index (χ4v) is 2.53. The number of ether oxygens (including phenoxy) is 1. The van der Waals surface area contributed by atoms with E-state index in [2.05, 4.69) is 33.2 Å². The molecule has 0 heterocycles. The molecule has 2 aromatic rings. The van der Waals surface area contributed by atoms with Gasteiger partial charge in [-0.15, -0.1) is 0 Å². The number of halogens is 1. The van der Waals surface area contributed by atoms with Crippen molar-refractivity contribution in [3.8, 4) is 5.75 Å². The molecule has 25 heavy (non-hydrogen) atoms. The predicted octanol–water partition coefficient (Wildman–Crippen LogP) is 1.52. The third-order valence-corrected chi connectivity index (χ3v) is 3.99. The molecule has 0 unspecified atom stereocenters. The van der Waals surface area contributed by atoms with Crippen LogP contribution in [0.15, 0.2) is 48.5 Å². The van der Waals surface area contributed by atoms with Gasteiger partial charge in [0.25, 0.3) is 11.8 Å². The minimum atomic E-state index is -0.568. The molecule has 4 N–H and O–H groups in total. The van der Waals surface area contributed by atoms with E-state index in [0.29, 0.717) is 17.0 Å². The largest absolute Gasteiger partial charge is 0.484 e. The van der Waals surface area contributed by atoms with E-state index in [4.69, 9.17) is 10.5 Å². The number of hydrogen-bond acceptors (Lipinski definition) is 4. The van der Waals surface area contributed by atoms with E-state index >= 15 is 0 Å². The van der Waals surface area contributed by atoms with Crippen molar-refractivity contribution in [3.63, 3.8) is 0 Å². The molecule has 3 amide bonds. The Labute approximate surface area is 158 Å². The third-order valence-electron chi connectivity index (χ3n) is 3.05. The molecule has 0 fully saturated rings. The average molecular weight is 453 g/mol. The van der Waals surface area contributed by atoms with Crippen LogP contribution < -0.4 is 21.1 Å². The number of amides is 3. The van der Waals surface area contributed by atoms with Gasteiger partial charge in [0, 0.05) is 9.26 Å². The molecule has 0 saturated heterocycles. The van der Waals surface area contributed by atoms with Crippen LogP contribution in [0, 0.1) is 3.57 Å². The molecule has 0 spiro atoms. The lowest BCUT2D eigenvalue weighted by Gasteiger charge is -2.09. The molecule has 0 saturated carbocycles. The summed E-state index contributed by atoms with van der Waals surface area (Å²) >= 11 is 2.06. The lowest BCUT2D eigenvalue weighted by molar-refractivity contribution is -0.120. The van der Waals surface area contributed by atoms with Crippen molar-refractivity contribution >= 4 is 46.0 Å². The molecule has 7 nitrogen and oxygen atoms in total. The molecule has 2 rings (SSSR count). The highest BCUT2D eigenvalue weighted by Gasteiger charge is 2.10. The van der Waals surface area contributed by atoms with E-state index < -0.39 is 5.91 Å². The van der Waals surface area contributed by atoms with Gasteiger partial charge in [0.15, 0.2) is 6.61 Å². The molecule has 2 aromatic carbocycles. The van der Waals surface area contributed by atoms with Gasteiger partial charge in [-0.25, -0.2) is 0 Å². The average Bonchev–Trinajstić information content (AvgIpc) is 2.59. The number of nitrogens with two attached hydrogens (primary N) is 1. The molecule has 8 heteroatoms. The van der Waals surface area contributed by atoms with E-state index in [0.717, 1.165) is 3.57 Å². The van der Waals surface area contributed by atoms with E-state index in [9.17, 15) is 14.4 Å². The number of carbonyl (C=O) groups is 3. The van der Waals surface area contributed by atoms with Gasteiger partial charge in [-0.1, -0.05) is 12.1 Å². The fourth-order valence-electron chi connectivity index (χ4n) is 1.90. The standard InChI is InChI=1S/C17H16IN3O4/c18-14-4-2-1-3-13(14)17(24)20-9-16(23)21-11-5-7-12(8-6-11)25-10-15(19)22/h1-8H,9-10H2,(H2,19,22)(H,20,24)(H,21,23). The molecule has 130 valence electrons. The first-order valence-corrected chi connectivity index (χ1v) is 8.37. The monoisotopic (exact) mass is 453 g/mol. The highest BCUT2D eigenvalue weighted by Crippen LogP contribution is 2.15. The summed E-state index contributed by atoms with van der Waals surface area (Å²) in [6, 6.07) is 13.6. The second-order valence-electron chi connectivity index (χ2n) is 4.99. The second-order valence-corrected chi connectivity index (χ2v) is 6.15. The van der Waals surface area contributed by atoms with Gasteiger partial charge < -0.3 is 21.1 Å². The lowest BCUT2D eigenvalue weighted by atomic mass is 10.2. The zero-order valence-corrected chi connectivity index (χ0v) is 15.3. The van der Waals surface area contributed by atoms with Crippen molar-refractivity contribution in [2.24, 2.45) is 5.73 Å². The maximum atomic E-state index is 12.0. The van der Waals surface area contributed by atoms with Crippen molar-refractivity contribution in [2.45, 2.75) is 0 Å². The topological polar surface area (TPSA) is 111 Å². The Bertz CT molecular complexity index is 778. The van der Waals surface area contributed by atoms with Crippen LogP contribution in [-0.2, 0) is 9.59 Å². The zero-order valence-electron chi connectivity index (χ0n) is 13.1. The Hall–Kier alpha value is -2.62. The highest BCUT2D eigenvalue weighted by molar-refractivity contribution is 14.1. The normalized spacial score (nSPS) is 9.96. The first-order valence-electron chi connectivity index (χ1n) is 7.29. The Kier molecular flexibility index (Phi) is 6.75. The SMILES string of the molecule is NC(=O)COc1ccc(NC(=O)CNC(=O)c2ccccc2I)cc1. The van der Waals surface area contributed by atoms with Gasteiger partial charge in [-0.05, 0) is 59.0 Å². The Morgan fingerprint density at radius 1 is 1.04 bits per heavy atom. The van der Waals surface area contributed by atoms with Gasteiger partial charge in [0.05, 0.1) is 12.1 Å². The smallest absolute Gasteiger partial charge is 0.255 e. The molecule has 0 aliphatic rings. The summed E-state index contributed by atoms with van der Waals surface area (Å²) < 4.78 is 5.93. The summed E-state index contributed by atoms with van der Waals surface area (Å²) in [5.74, 6) is -0.773. The van der Waals surface area contributed by atoms with Gasteiger partial charge in [0.2, 0.25) is 5.91 Å². The lowest BCUT2D eigenvalue weighted by Crippen LogP contribution is -2.33. The number of anilines is 1. The molecular weight excluding hydrogens is 437 g/mol. The summed E-state index contributed by atoms with van der Waals surface area (Å²) in [7, 11) is 0. The van der Waals surface area contributed by atoms with Gasteiger partial charge in [-0.3, -0.25) is 14.4 Å². The molecule has 0 atom stereocenters. The maximum absolute atomic E-state index is 12.0. The zero-order chi connectivity index (χ0) is 18.2. The van der Waals surface area contributed by atoms with Gasteiger partial charge >= 0.3 is 0 Å². The summed E-state index contributed by atoms with van der Waals surface area (Å²) in [4.78, 5) is 34.6.